The summed E-state index contributed by atoms with van der Waals surface area (Å²) >= 11 is 0. The average Bonchev–Trinajstić information content (AvgIpc) is 3.29. The lowest BCUT2D eigenvalue weighted by Gasteiger charge is -2.48. The minimum absolute atomic E-state index is 0.0118. The summed E-state index contributed by atoms with van der Waals surface area (Å²) in [6.07, 6.45) is 2.32. The van der Waals surface area contributed by atoms with Gasteiger partial charge < -0.3 is 9.80 Å². The zero-order chi connectivity index (χ0) is 49.4. The number of anilines is 6. The van der Waals surface area contributed by atoms with Crippen molar-refractivity contribution in [2.45, 2.75) is 156 Å². The maximum absolute atomic E-state index is 2.72. The Balaban J connectivity index is 1.38. The van der Waals surface area contributed by atoms with Crippen LogP contribution in [-0.2, 0) is 32.5 Å². The van der Waals surface area contributed by atoms with Gasteiger partial charge in [0.2, 0.25) is 0 Å². The molecule has 3 aliphatic rings. The predicted octanol–water partition coefficient (Wildman–Crippen LogP) is 16.6. The average molecular weight is 907 g/mol. The van der Waals surface area contributed by atoms with Gasteiger partial charge in [-0.05, 0) is 160 Å². The van der Waals surface area contributed by atoms with E-state index in [9.17, 15) is 0 Å². The number of fused-ring (bicyclic) bond motifs is 5. The summed E-state index contributed by atoms with van der Waals surface area (Å²) in [6.45, 7) is 38.2. The lowest BCUT2D eigenvalue weighted by Crippen LogP contribution is -2.62. The SMILES string of the molecule is CC(C)(C)c1ccc(N2c3ccc(C(C)(C)C)cc3B3c4cc5c(cc4N(c4ccc(C(C)(C)C)cc4-c4ccccc4-c4ccccc4)c4cc(C(C)(C)C)cc2c43)C(C)(C)CCC5(C)C)cc1. The van der Waals surface area contributed by atoms with Crippen LogP contribution in [-0.4, -0.2) is 6.71 Å². The van der Waals surface area contributed by atoms with Crippen molar-refractivity contribution in [1.29, 1.82) is 0 Å². The lowest BCUT2D eigenvalue weighted by molar-refractivity contribution is 0.332. The standard InChI is InChI=1S/C66H75BN2/c1-61(2,3)43-26-30-47(31-27-43)68-56-33-29-45(63(7,8)9)37-53(56)67-54-40-51-52(66(15,16)35-34-65(51,13)14)41-57(54)69(59-39-46(64(10,11)12)38-58(68)60(59)67)55-32-28-44(62(4,5)6)36-50(55)49-25-21-20-24-48(49)42-22-18-17-19-23-42/h17-33,36-41H,34-35H2,1-16H3. The van der Waals surface area contributed by atoms with Crippen molar-refractivity contribution in [3.63, 3.8) is 0 Å². The highest BCUT2D eigenvalue weighted by Gasteiger charge is 2.47. The van der Waals surface area contributed by atoms with Crippen LogP contribution in [0, 0.1) is 0 Å². The Kier molecular flexibility index (Phi) is 10.8. The minimum Gasteiger partial charge on any atom is -0.311 e. The number of hydrogen-bond acceptors (Lipinski definition) is 2. The van der Waals surface area contributed by atoms with Crippen LogP contribution in [0.1, 0.15) is 157 Å². The smallest absolute Gasteiger partial charge is 0.252 e. The third-order valence-electron chi connectivity index (χ3n) is 16.2. The van der Waals surface area contributed by atoms with Crippen LogP contribution in [0.15, 0.2) is 140 Å². The molecule has 2 heterocycles. The van der Waals surface area contributed by atoms with Gasteiger partial charge in [-0.2, -0.15) is 0 Å². The molecule has 0 fully saturated rings. The fraction of sp³-hybridized carbons (Fsp3) is 0.364. The Hall–Kier alpha value is -5.80. The summed E-state index contributed by atoms with van der Waals surface area (Å²) < 4.78 is 0. The van der Waals surface area contributed by atoms with Gasteiger partial charge in [0.15, 0.2) is 0 Å². The second-order valence-corrected chi connectivity index (χ2v) is 26.2. The van der Waals surface area contributed by atoms with Crippen LogP contribution in [0.5, 0.6) is 0 Å². The van der Waals surface area contributed by atoms with Gasteiger partial charge in [-0.15, -0.1) is 0 Å². The first-order chi connectivity index (χ1) is 32.2. The van der Waals surface area contributed by atoms with E-state index in [0.717, 1.165) is 12.8 Å². The molecule has 0 spiro atoms. The zero-order valence-corrected chi connectivity index (χ0v) is 44.7. The molecule has 0 atom stereocenters. The van der Waals surface area contributed by atoms with Gasteiger partial charge in [-0.1, -0.05) is 202 Å². The van der Waals surface area contributed by atoms with E-state index in [2.05, 4.69) is 260 Å². The van der Waals surface area contributed by atoms with Gasteiger partial charge in [-0.3, -0.25) is 0 Å². The van der Waals surface area contributed by atoms with Gasteiger partial charge in [0, 0.05) is 34.0 Å². The molecule has 7 aromatic carbocycles. The van der Waals surface area contributed by atoms with Crippen LogP contribution in [0.2, 0.25) is 0 Å². The van der Waals surface area contributed by atoms with Crippen LogP contribution in [0.25, 0.3) is 22.3 Å². The summed E-state index contributed by atoms with van der Waals surface area (Å²) in [5.74, 6) is 0. The molecule has 3 heteroatoms. The molecule has 0 radical (unpaired) electrons. The maximum Gasteiger partial charge on any atom is 0.252 e. The highest BCUT2D eigenvalue weighted by molar-refractivity contribution is 7.00. The topological polar surface area (TPSA) is 6.48 Å². The first-order valence-electron chi connectivity index (χ1n) is 25.8. The molecule has 0 aromatic heterocycles. The number of rotatable bonds is 4. The molecule has 69 heavy (non-hydrogen) atoms. The Morgan fingerprint density at radius 3 is 1.43 bits per heavy atom. The van der Waals surface area contributed by atoms with Crippen molar-refractivity contribution >= 4 is 57.2 Å². The van der Waals surface area contributed by atoms with Gasteiger partial charge in [-0.25, -0.2) is 0 Å². The highest BCUT2D eigenvalue weighted by Crippen LogP contribution is 2.53. The summed E-state index contributed by atoms with van der Waals surface area (Å²) in [5, 5.41) is 0. The summed E-state index contributed by atoms with van der Waals surface area (Å²) in [6, 6.07) is 54.8. The quantitative estimate of drug-likeness (QED) is 0.162. The van der Waals surface area contributed by atoms with E-state index >= 15 is 0 Å². The normalized spacial score (nSPS) is 16.1. The Labute approximate surface area is 416 Å². The molecule has 0 saturated heterocycles. The molecule has 0 N–H and O–H groups in total. The molecule has 2 aliphatic heterocycles. The summed E-state index contributed by atoms with van der Waals surface area (Å²) in [7, 11) is 0. The van der Waals surface area contributed by atoms with Crippen molar-refractivity contribution in [2.75, 3.05) is 9.80 Å². The molecule has 10 rings (SSSR count). The van der Waals surface area contributed by atoms with Crippen molar-refractivity contribution in [3.8, 4) is 22.3 Å². The predicted molar refractivity (Wildman–Crippen MR) is 301 cm³/mol. The molecule has 0 amide bonds. The monoisotopic (exact) mass is 907 g/mol. The zero-order valence-electron chi connectivity index (χ0n) is 44.7. The van der Waals surface area contributed by atoms with Crippen LogP contribution >= 0.6 is 0 Å². The minimum atomic E-state index is -0.133. The first-order valence-corrected chi connectivity index (χ1v) is 25.8. The molecular weight excluding hydrogens is 832 g/mol. The second kappa shape index (κ2) is 15.9. The fourth-order valence-electron chi connectivity index (χ4n) is 11.6. The van der Waals surface area contributed by atoms with Gasteiger partial charge in [0.05, 0.1) is 5.69 Å². The first kappa shape index (κ1) is 46.9. The molecular formula is C66H75BN2. The van der Waals surface area contributed by atoms with Crippen molar-refractivity contribution in [2.24, 2.45) is 0 Å². The number of hydrogen-bond donors (Lipinski definition) is 0. The van der Waals surface area contributed by atoms with Crippen molar-refractivity contribution in [1.82, 2.24) is 0 Å². The summed E-state index contributed by atoms with van der Waals surface area (Å²) in [5.41, 5.74) is 24.8. The van der Waals surface area contributed by atoms with Crippen molar-refractivity contribution in [3.05, 3.63) is 173 Å². The van der Waals surface area contributed by atoms with E-state index in [1.165, 1.54) is 106 Å². The Morgan fingerprint density at radius 1 is 0.377 bits per heavy atom. The fourth-order valence-corrected chi connectivity index (χ4v) is 11.6. The van der Waals surface area contributed by atoms with Gasteiger partial charge >= 0.3 is 0 Å². The molecule has 0 unspecified atom stereocenters. The summed E-state index contributed by atoms with van der Waals surface area (Å²) in [4.78, 5) is 5.34. The van der Waals surface area contributed by atoms with E-state index < -0.39 is 0 Å². The Bertz CT molecular complexity index is 3140. The lowest BCUT2D eigenvalue weighted by atomic mass is 9.32. The van der Waals surface area contributed by atoms with Crippen LogP contribution in [0.3, 0.4) is 0 Å². The maximum atomic E-state index is 2.72. The van der Waals surface area contributed by atoms with Crippen molar-refractivity contribution < 1.29 is 0 Å². The van der Waals surface area contributed by atoms with Crippen LogP contribution < -0.4 is 26.2 Å². The van der Waals surface area contributed by atoms with E-state index in [1.807, 2.05) is 0 Å². The second-order valence-electron chi connectivity index (χ2n) is 26.2. The third kappa shape index (κ3) is 7.97. The molecule has 0 bridgehead atoms. The molecule has 2 nitrogen and oxygen atoms in total. The van der Waals surface area contributed by atoms with E-state index in [4.69, 9.17) is 0 Å². The van der Waals surface area contributed by atoms with E-state index in [-0.39, 0.29) is 39.2 Å². The molecule has 0 saturated carbocycles. The largest absolute Gasteiger partial charge is 0.311 e. The number of nitrogens with zero attached hydrogens (tertiary/aromatic N) is 2. The molecule has 1 aliphatic carbocycles. The van der Waals surface area contributed by atoms with Gasteiger partial charge in [0.1, 0.15) is 0 Å². The Morgan fingerprint density at radius 2 is 0.855 bits per heavy atom. The van der Waals surface area contributed by atoms with E-state index in [1.54, 1.807) is 0 Å². The third-order valence-corrected chi connectivity index (χ3v) is 16.2. The number of benzene rings is 7. The van der Waals surface area contributed by atoms with Crippen LogP contribution in [0.4, 0.5) is 34.1 Å². The molecule has 7 aromatic rings. The molecule has 352 valence electrons. The highest BCUT2D eigenvalue weighted by atomic mass is 15.2. The van der Waals surface area contributed by atoms with E-state index in [0.29, 0.717) is 0 Å². The van der Waals surface area contributed by atoms with Gasteiger partial charge in [0.25, 0.3) is 6.71 Å².